The van der Waals surface area contributed by atoms with Gasteiger partial charge in [0.1, 0.15) is 0 Å². The van der Waals surface area contributed by atoms with Gasteiger partial charge in [-0.25, -0.2) is 0 Å². The molecule has 0 radical (unpaired) electrons. The van der Waals surface area contributed by atoms with Crippen LogP contribution in [0.4, 0.5) is 0 Å². The Bertz CT molecular complexity index is 431. The third kappa shape index (κ3) is 5.03. The van der Waals surface area contributed by atoms with Gasteiger partial charge in [-0.2, -0.15) is 0 Å². The average Bonchev–Trinajstić information content (AvgIpc) is 2.43. The fourth-order valence-electron chi connectivity index (χ4n) is 1.69. The molecule has 19 heavy (non-hydrogen) atoms. The quantitative estimate of drug-likeness (QED) is 0.755. The molecule has 0 aliphatic carbocycles. The van der Waals surface area contributed by atoms with E-state index in [1.54, 1.807) is 17.0 Å². The number of ether oxygens (including phenoxy) is 1. The van der Waals surface area contributed by atoms with Crippen molar-refractivity contribution in [1.82, 2.24) is 4.90 Å². The molecule has 1 amide bonds. The zero-order chi connectivity index (χ0) is 14.3. The monoisotopic (exact) mass is 327 g/mol. The number of methoxy groups -OCH3 is 1. The number of hydrogen-bond acceptors (Lipinski definition) is 3. The highest BCUT2D eigenvalue weighted by atomic mass is 79.9. The normalized spacial score (nSPS) is 10.1. The van der Waals surface area contributed by atoms with Gasteiger partial charge in [0.05, 0.1) is 13.5 Å². The first-order valence-electron chi connectivity index (χ1n) is 6.20. The Kier molecular flexibility index (Phi) is 6.56. The Morgan fingerprint density at radius 1 is 1.21 bits per heavy atom. The van der Waals surface area contributed by atoms with Crippen LogP contribution in [0.15, 0.2) is 28.7 Å². The fourth-order valence-corrected chi connectivity index (χ4v) is 1.95. The van der Waals surface area contributed by atoms with Gasteiger partial charge in [0.15, 0.2) is 0 Å². The number of amides is 1. The molecule has 1 aromatic carbocycles. The first-order valence-corrected chi connectivity index (χ1v) is 6.99. The van der Waals surface area contributed by atoms with Gasteiger partial charge in [0.25, 0.3) is 5.91 Å². The molecule has 0 N–H and O–H groups in total. The van der Waals surface area contributed by atoms with Crippen molar-refractivity contribution in [3.8, 4) is 0 Å². The summed E-state index contributed by atoms with van der Waals surface area (Å²) in [4.78, 5) is 25.1. The first kappa shape index (κ1) is 15.7. The summed E-state index contributed by atoms with van der Waals surface area (Å²) in [5.41, 5.74) is 0.626. The molecule has 104 valence electrons. The average molecular weight is 328 g/mol. The van der Waals surface area contributed by atoms with Gasteiger partial charge in [-0.1, -0.05) is 22.9 Å². The van der Waals surface area contributed by atoms with Crippen molar-refractivity contribution in [1.29, 1.82) is 0 Å². The van der Waals surface area contributed by atoms with Gasteiger partial charge in [-0.05, 0) is 30.7 Å². The highest BCUT2D eigenvalue weighted by molar-refractivity contribution is 9.10. The number of esters is 1. The van der Waals surface area contributed by atoms with Crippen molar-refractivity contribution in [2.24, 2.45) is 0 Å². The maximum atomic E-state index is 12.3. The van der Waals surface area contributed by atoms with Crippen LogP contribution in [-0.2, 0) is 9.53 Å². The number of rotatable bonds is 6. The molecule has 0 aliphatic rings. The molecule has 0 atom stereocenters. The number of carbonyl (C=O) groups is 2. The smallest absolute Gasteiger partial charge is 0.307 e. The van der Waals surface area contributed by atoms with Crippen LogP contribution < -0.4 is 0 Å². The van der Waals surface area contributed by atoms with E-state index in [1.165, 1.54) is 7.11 Å². The molecule has 0 saturated heterocycles. The Labute approximate surface area is 121 Å². The SMILES string of the molecule is CCCN(CCC(=O)OC)C(=O)c1ccc(Br)cc1. The highest BCUT2D eigenvalue weighted by Crippen LogP contribution is 2.13. The van der Waals surface area contributed by atoms with E-state index in [9.17, 15) is 9.59 Å². The molecule has 1 aromatic rings. The van der Waals surface area contributed by atoms with Crippen LogP contribution in [0.5, 0.6) is 0 Å². The minimum atomic E-state index is -0.301. The second-order valence-corrected chi connectivity index (χ2v) is 5.04. The van der Waals surface area contributed by atoms with E-state index >= 15 is 0 Å². The largest absolute Gasteiger partial charge is 0.469 e. The fraction of sp³-hybridized carbons (Fsp3) is 0.429. The topological polar surface area (TPSA) is 46.6 Å². The van der Waals surface area contributed by atoms with Gasteiger partial charge in [0, 0.05) is 23.1 Å². The van der Waals surface area contributed by atoms with Gasteiger partial charge in [-0.15, -0.1) is 0 Å². The Balaban J connectivity index is 2.71. The van der Waals surface area contributed by atoms with Gasteiger partial charge in [-0.3, -0.25) is 9.59 Å². The van der Waals surface area contributed by atoms with Crippen molar-refractivity contribution in [3.63, 3.8) is 0 Å². The summed E-state index contributed by atoms with van der Waals surface area (Å²) in [6.07, 6.45) is 1.07. The maximum Gasteiger partial charge on any atom is 0.307 e. The lowest BCUT2D eigenvalue weighted by Crippen LogP contribution is -2.33. The van der Waals surface area contributed by atoms with Crippen LogP contribution in [0, 0.1) is 0 Å². The third-order valence-corrected chi connectivity index (χ3v) is 3.21. The molecular formula is C14H18BrNO3. The number of carbonyl (C=O) groups excluding carboxylic acids is 2. The van der Waals surface area contributed by atoms with E-state index in [1.807, 2.05) is 19.1 Å². The van der Waals surface area contributed by atoms with Crippen molar-refractivity contribution in [2.45, 2.75) is 19.8 Å². The van der Waals surface area contributed by atoms with Crippen LogP contribution >= 0.6 is 15.9 Å². The van der Waals surface area contributed by atoms with E-state index in [4.69, 9.17) is 0 Å². The minimum Gasteiger partial charge on any atom is -0.469 e. The second-order valence-electron chi connectivity index (χ2n) is 4.13. The number of hydrogen-bond donors (Lipinski definition) is 0. The summed E-state index contributed by atoms with van der Waals surface area (Å²) in [5.74, 6) is -0.358. The standard InChI is InChI=1S/C14H18BrNO3/c1-3-9-16(10-8-13(17)19-2)14(18)11-4-6-12(15)7-5-11/h4-7H,3,8-10H2,1-2H3. The van der Waals surface area contributed by atoms with E-state index < -0.39 is 0 Å². The number of benzene rings is 1. The van der Waals surface area contributed by atoms with Crippen LogP contribution in [-0.4, -0.2) is 37.0 Å². The molecule has 4 nitrogen and oxygen atoms in total. The minimum absolute atomic E-state index is 0.0572. The summed E-state index contributed by atoms with van der Waals surface area (Å²) < 4.78 is 5.53. The van der Waals surface area contributed by atoms with Gasteiger partial charge < -0.3 is 9.64 Å². The Morgan fingerprint density at radius 2 is 1.84 bits per heavy atom. The molecule has 0 aliphatic heterocycles. The molecule has 0 unspecified atom stereocenters. The summed E-state index contributed by atoms with van der Waals surface area (Å²) in [6.45, 7) is 3.02. The predicted molar refractivity (Wildman–Crippen MR) is 77.0 cm³/mol. The first-order chi connectivity index (χ1) is 9.08. The van der Waals surface area contributed by atoms with Gasteiger partial charge >= 0.3 is 5.97 Å². The molecule has 0 spiro atoms. The lowest BCUT2D eigenvalue weighted by Gasteiger charge is -2.21. The Hall–Kier alpha value is -1.36. The molecule has 0 aromatic heterocycles. The number of halogens is 1. The van der Waals surface area contributed by atoms with E-state index in [0.717, 1.165) is 10.9 Å². The van der Waals surface area contributed by atoms with Crippen LogP contribution in [0.25, 0.3) is 0 Å². The molecule has 0 heterocycles. The molecule has 0 saturated carbocycles. The van der Waals surface area contributed by atoms with Crippen molar-refractivity contribution >= 4 is 27.8 Å². The lowest BCUT2D eigenvalue weighted by atomic mass is 10.2. The molecule has 0 fully saturated rings. The highest BCUT2D eigenvalue weighted by Gasteiger charge is 2.16. The van der Waals surface area contributed by atoms with Gasteiger partial charge in [0.2, 0.25) is 0 Å². The lowest BCUT2D eigenvalue weighted by molar-refractivity contribution is -0.140. The summed E-state index contributed by atoms with van der Waals surface area (Å²) in [7, 11) is 1.35. The van der Waals surface area contributed by atoms with Crippen LogP contribution in [0.1, 0.15) is 30.1 Å². The summed E-state index contributed by atoms with van der Waals surface area (Å²) >= 11 is 3.34. The zero-order valence-corrected chi connectivity index (χ0v) is 12.8. The molecule has 1 rings (SSSR count). The summed E-state index contributed by atoms with van der Waals surface area (Å²) in [6, 6.07) is 7.20. The maximum absolute atomic E-state index is 12.3. The van der Waals surface area contributed by atoms with E-state index in [2.05, 4.69) is 20.7 Å². The van der Waals surface area contributed by atoms with Crippen molar-refractivity contribution < 1.29 is 14.3 Å². The van der Waals surface area contributed by atoms with E-state index in [-0.39, 0.29) is 18.3 Å². The second kappa shape index (κ2) is 7.94. The van der Waals surface area contributed by atoms with Crippen molar-refractivity contribution in [3.05, 3.63) is 34.3 Å². The van der Waals surface area contributed by atoms with E-state index in [0.29, 0.717) is 18.7 Å². The Morgan fingerprint density at radius 3 is 2.37 bits per heavy atom. The predicted octanol–water partition coefficient (Wildman–Crippen LogP) is 2.86. The van der Waals surface area contributed by atoms with Crippen LogP contribution in [0.2, 0.25) is 0 Å². The third-order valence-electron chi connectivity index (χ3n) is 2.69. The van der Waals surface area contributed by atoms with Crippen LogP contribution in [0.3, 0.4) is 0 Å². The molecule has 0 bridgehead atoms. The summed E-state index contributed by atoms with van der Waals surface area (Å²) in [5, 5.41) is 0. The zero-order valence-electron chi connectivity index (χ0n) is 11.2. The molecule has 5 heteroatoms. The number of nitrogens with zero attached hydrogens (tertiary/aromatic N) is 1. The van der Waals surface area contributed by atoms with Crippen molar-refractivity contribution in [2.75, 3.05) is 20.2 Å². The molecular weight excluding hydrogens is 310 g/mol.